The molecule has 1 aliphatic rings. The third-order valence-electron chi connectivity index (χ3n) is 4.61. The lowest BCUT2D eigenvalue weighted by molar-refractivity contribution is -0.130. The molecule has 162 valence electrons. The molecule has 1 saturated heterocycles. The Morgan fingerprint density at radius 3 is 2.42 bits per heavy atom. The van der Waals surface area contributed by atoms with Crippen LogP contribution < -0.4 is 15.5 Å². The minimum absolute atomic E-state index is 0.147. The maximum absolute atomic E-state index is 12.8. The van der Waals surface area contributed by atoms with Crippen LogP contribution in [0.4, 0.5) is 5.69 Å². The third kappa shape index (κ3) is 5.15. The molecule has 3 rings (SSSR count). The number of nitrogens with one attached hydrogen (secondary N) is 2. The number of carbonyl (C=O) groups is 3. The van der Waals surface area contributed by atoms with Crippen molar-refractivity contribution in [3.8, 4) is 5.75 Å². The Morgan fingerprint density at radius 1 is 1.13 bits per heavy atom. The number of thiocarbonyl (C=S) groups is 1. The van der Waals surface area contributed by atoms with Crippen molar-refractivity contribution in [1.82, 2.24) is 20.3 Å². The van der Waals surface area contributed by atoms with E-state index in [0.717, 1.165) is 0 Å². The molecule has 0 radical (unpaired) electrons. The number of benzene rings is 1. The first-order valence-electron chi connectivity index (χ1n) is 9.82. The average Bonchev–Trinajstić information content (AvgIpc) is 2.99. The summed E-state index contributed by atoms with van der Waals surface area (Å²) in [6.45, 7) is 4.54. The van der Waals surface area contributed by atoms with Gasteiger partial charge in [-0.1, -0.05) is 0 Å². The van der Waals surface area contributed by atoms with Crippen LogP contribution in [0.2, 0.25) is 0 Å². The highest BCUT2D eigenvalue weighted by Crippen LogP contribution is 2.21. The Bertz CT molecular complexity index is 967. The van der Waals surface area contributed by atoms with Crippen molar-refractivity contribution in [3.05, 3.63) is 54.4 Å². The summed E-state index contributed by atoms with van der Waals surface area (Å²) in [7, 11) is 0. The van der Waals surface area contributed by atoms with Crippen LogP contribution in [0.15, 0.2) is 48.8 Å². The zero-order valence-electron chi connectivity index (χ0n) is 17.2. The van der Waals surface area contributed by atoms with Crippen LogP contribution >= 0.6 is 12.2 Å². The fraction of sp³-hybridized carbons (Fsp3) is 0.286. The Hall–Kier alpha value is -3.53. The molecule has 2 heterocycles. The van der Waals surface area contributed by atoms with E-state index in [1.807, 2.05) is 6.92 Å². The monoisotopic (exact) mass is 441 g/mol. The molecule has 1 aliphatic heterocycles. The second-order valence-electron chi connectivity index (χ2n) is 6.64. The highest BCUT2D eigenvalue weighted by atomic mass is 32.1. The molecule has 10 heteroatoms. The van der Waals surface area contributed by atoms with Gasteiger partial charge in [-0.3, -0.25) is 29.7 Å². The number of rotatable bonds is 8. The van der Waals surface area contributed by atoms with Crippen LogP contribution in [-0.2, 0) is 9.59 Å². The largest absolute Gasteiger partial charge is 0.494 e. The van der Waals surface area contributed by atoms with Crippen molar-refractivity contribution in [2.75, 3.05) is 18.5 Å². The zero-order valence-corrected chi connectivity index (χ0v) is 18.0. The van der Waals surface area contributed by atoms with Crippen LogP contribution in [0.5, 0.6) is 5.75 Å². The summed E-state index contributed by atoms with van der Waals surface area (Å²) in [5.41, 5.74) is 3.58. The topological polar surface area (TPSA) is 104 Å². The minimum Gasteiger partial charge on any atom is -0.494 e. The van der Waals surface area contributed by atoms with Gasteiger partial charge in [0.15, 0.2) is 5.11 Å². The first-order chi connectivity index (χ1) is 14.9. The van der Waals surface area contributed by atoms with Crippen molar-refractivity contribution in [1.29, 1.82) is 0 Å². The lowest BCUT2D eigenvalue weighted by Gasteiger charge is -2.24. The zero-order chi connectivity index (χ0) is 22.4. The first-order valence-corrected chi connectivity index (χ1v) is 10.2. The standard InChI is InChI=1S/C21H23N5O4S/c1-3-25-20(29)17(13-18(27)23-15-5-7-16(8-6-15)30-4-2)26(21(25)31)24-19(28)14-9-11-22-12-10-14/h5-12,17H,3-4,13H2,1-2H3,(H,23,27)(H,24,28)/t17-/m1/s1. The maximum Gasteiger partial charge on any atom is 0.269 e. The van der Waals surface area contributed by atoms with Crippen LogP contribution in [0.3, 0.4) is 0 Å². The predicted octanol–water partition coefficient (Wildman–Crippen LogP) is 1.97. The normalized spacial score (nSPS) is 15.7. The number of pyridine rings is 1. The summed E-state index contributed by atoms with van der Waals surface area (Å²) >= 11 is 5.36. The number of anilines is 1. The summed E-state index contributed by atoms with van der Waals surface area (Å²) in [6, 6.07) is 9.06. The molecule has 1 aromatic carbocycles. The molecule has 9 nitrogen and oxygen atoms in total. The highest BCUT2D eigenvalue weighted by Gasteiger charge is 2.43. The third-order valence-corrected chi connectivity index (χ3v) is 5.03. The van der Waals surface area contributed by atoms with Crippen molar-refractivity contribution in [2.24, 2.45) is 0 Å². The molecule has 2 aromatic rings. The van der Waals surface area contributed by atoms with E-state index in [2.05, 4.69) is 15.7 Å². The van der Waals surface area contributed by atoms with Crippen molar-refractivity contribution in [2.45, 2.75) is 26.3 Å². The van der Waals surface area contributed by atoms with Gasteiger partial charge >= 0.3 is 0 Å². The van der Waals surface area contributed by atoms with Gasteiger partial charge in [0.25, 0.3) is 11.8 Å². The molecule has 0 aliphatic carbocycles. The Morgan fingerprint density at radius 2 is 1.81 bits per heavy atom. The molecule has 0 saturated carbocycles. The maximum atomic E-state index is 12.8. The van der Waals surface area contributed by atoms with E-state index < -0.39 is 11.9 Å². The molecule has 0 unspecified atom stereocenters. The number of nitrogens with zero attached hydrogens (tertiary/aromatic N) is 3. The lowest BCUT2D eigenvalue weighted by atomic mass is 10.2. The molecule has 1 fully saturated rings. The SMILES string of the molecule is CCOc1ccc(NC(=O)C[C@@H]2C(=O)N(CC)C(=S)N2NC(=O)c2ccncc2)cc1. The van der Waals surface area contributed by atoms with Gasteiger partial charge in [0.05, 0.1) is 13.0 Å². The van der Waals surface area contributed by atoms with Gasteiger partial charge < -0.3 is 10.1 Å². The number of ether oxygens (including phenoxy) is 1. The molecule has 1 atom stereocenters. The number of carbonyl (C=O) groups excluding carboxylic acids is 3. The van der Waals surface area contributed by atoms with Crippen molar-refractivity contribution < 1.29 is 19.1 Å². The first kappa shape index (κ1) is 22.2. The summed E-state index contributed by atoms with van der Waals surface area (Å²) < 4.78 is 5.38. The number of hydrazine groups is 1. The Labute approximate surface area is 185 Å². The summed E-state index contributed by atoms with van der Waals surface area (Å²) in [5, 5.41) is 4.18. The number of hydrogen-bond acceptors (Lipinski definition) is 6. The van der Waals surface area contributed by atoms with Crippen LogP contribution in [0, 0.1) is 0 Å². The Kier molecular flexibility index (Phi) is 7.14. The number of amides is 3. The van der Waals surface area contributed by atoms with Gasteiger partial charge in [0.2, 0.25) is 5.91 Å². The molecule has 0 spiro atoms. The highest BCUT2D eigenvalue weighted by molar-refractivity contribution is 7.80. The number of likely N-dealkylation sites (N-methyl/N-ethyl adjacent to an activating group) is 1. The van der Waals surface area contributed by atoms with Gasteiger partial charge in [0.1, 0.15) is 11.8 Å². The van der Waals surface area contributed by atoms with Crippen LogP contribution in [-0.4, -0.2) is 56.9 Å². The van der Waals surface area contributed by atoms with Gasteiger partial charge in [-0.25, -0.2) is 5.01 Å². The van der Waals surface area contributed by atoms with E-state index in [1.165, 1.54) is 22.3 Å². The summed E-state index contributed by atoms with van der Waals surface area (Å²) in [6.07, 6.45) is 2.80. The molecular weight excluding hydrogens is 418 g/mol. The predicted molar refractivity (Wildman–Crippen MR) is 118 cm³/mol. The van der Waals surface area contributed by atoms with E-state index in [1.54, 1.807) is 43.3 Å². The van der Waals surface area contributed by atoms with Gasteiger partial charge in [-0.15, -0.1) is 0 Å². The van der Waals surface area contributed by atoms with E-state index in [4.69, 9.17) is 17.0 Å². The molecule has 1 aromatic heterocycles. The quantitative estimate of drug-likeness (QED) is 0.604. The molecule has 0 bridgehead atoms. The van der Waals surface area contributed by atoms with Gasteiger partial charge in [-0.2, -0.15) is 0 Å². The second kappa shape index (κ2) is 9.98. The second-order valence-corrected chi connectivity index (χ2v) is 7.00. The molecular formula is C21H23N5O4S. The lowest BCUT2D eigenvalue weighted by Crippen LogP contribution is -2.49. The fourth-order valence-electron chi connectivity index (χ4n) is 3.11. The average molecular weight is 442 g/mol. The van der Waals surface area contributed by atoms with Crippen molar-refractivity contribution >= 4 is 40.7 Å². The summed E-state index contributed by atoms with van der Waals surface area (Å²) in [4.78, 5) is 43.3. The Balaban J connectivity index is 1.71. The van der Waals surface area contributed by atoms with Crippen LogP contribution in [0.1, 0.15) is 30.6 Å². The van der Waals surface area contributed by atoms with E-state index in [-0.39, 0.29) is 23.3 Å². The summed E-state index contributed by atoms with van der Waals surface area (Å²) in [5.74, 6) is -0.483. The van der Waals surface area contributed by atoms with Gasteiger partial charge in [-0.05, 0) is 62.5 Å². The smallest absolute Gasteiger partial charge is 0.269 e. The van der Waals surface area contributed by atoms with Crippen LogP contribution in [0.25, 0.3) is 0 Å². The molecule has 2 N–H and O–H groups in total. The van der Waals surface area contributed by atoms with Gasteiger partial charge in [0, 0.05) is 30.2 Å². The minimum atomic E-state index is -0.944. The molecule has 31 heavy (non-hydrogen) atoms. The number of hydrogen-bond donors (Lipinski definition) is 2. The van der Waals surface area contributed by atoms with E-state index in [9.17, 15) is 14.4 Å². The number of aromatic nitrogens is 1. The van der Waals surface area contributed by atoms with Crippen molar-refractivity contribution in [3.63, 3.8) is 0 Å². The van der Waals surface area contributed by atoms with E-state index >= 15 is 0 Å². The fourth-order valence-corrected chi connectivity index (χ4v) is 3.50. The van der Waals surface area contributed by atoms with E-state index in [0.29, 0.717) is 30.2 Å². The molecule has 3 amide bonds.